The third-order valence-corrected chi connectivity index (χ3v) is 2.01. The first-order valence-electron chi connectivity index (χ1n) is 5.10. The molecule has 0 saturated carbocycles. The summed E-state index contributed by atoms with van der Waals surface area (Å²) in [7, 11) is 1.55. The van der Waals surface area contributed by atoms with Gasteiger partial charge < -0.3 is 20.5 Å². The van der Waals surface area contributed by atoms with Gasteiger partial charge in [0.25, 0.3) is 0 Å². The minimum absolute atomic E-state index is 0.0737. The highest BCUT2D eigenvalue weighted by atomic mass is 16.5. The Balaban J connectivity index is 3.76. The summed E-state index contributed by atoms with van der Waals surface area (Å²) < 4.78 is 4.83. The molecule has 0 bridgehead atoms. The highest BCUT2D eigenvalue weighted by Gasteiger charge is 2.20. The topological polar surface area (TPSA) is 87.7 Å². The highest BCUT2D eigenvalue weighted by Crippen LogP contribution is 2.06. The lowest BCUT2D eigenvalue weighted by Gasteiger charge is -2.23. The molecule has 16 heavy (non-hydrogen) atoms. The van der Waals surface area contributed by atoms with Crippen molar-refractivity contribution in [2.75, 3.05) is 26.8 Å². The van der Waals surface area contributed by atoms with Crippen LogP contribution < -0.4 is 10.6 Å². The third kappa shape index (κ3) is 8.19. The molecule has 0 fully saturated rings. The van der Waals surface area contributed by atoms with E-state index in [2.05, 4.69) is 10.6 Å². The van der Waals surface area contributed by atoms with E-state index in [4.69, 9.17) is 4.74 Å². The summed E-state index contributed by atoms with van der Waals surface area (Å²) in [5, 5.41) is 14.7. The zero-order chi connectivity index (χ0) is 12.6. The van der Waals surface area contributed by atoms with Crippen LogP contribution in [0.15, 0.2) is 0 Å². The molecule has 0 heterocycles. The van der Waals surface area contributed by atoms with Crippen molar-refractivity contribution in [2.45, 2.75) is 25.9 Å². The molecule has 94 valence electrons. The number of carbonyl (C=O) groups excluding carboxylic acids is 2. The summed E-state index contributed by atoms with van der Waals surface area (Å²) in [5.41, 5.74) is -0.998. The Morgan fingerprint density at radius 2 is 2.00 bits per heavy atom. The van der Waals surface area contributed by atoms with Gasteiger partial charge in [-0.05, 0) is 6.92 Å². The number of hydrogen-bond donors (Lipinski definition) is 3. The molecule has 0 aromatic rings. The molecule has 1 unspecified atom stereocenters. The molecule has 1 atom stereocenters. The van der Waals surface area contributed by atoms with Crippen molar-refractivity contribution in [2.24, 2.45) is 0 Å². The Labute approximate surface area is 95.4 Å². The van der Waals surface area contributed by atoms with Crippen LogP contribution in [0.1, 0.15) is 20.3 Å². The summed E-state index contributed by atoms with van der Waals surface area (Å²) >= 11 is 0. The van der Waals surface area contributed by atoms with E-state index < -0.39 is 5.60 Å². The van der Waals surface area contributed by atoms with Gasteiger partial charge in [-0.25, -0.2) is 0 Å². The van der Waals surface area contributed by atoms with E-state index in [0.29, 0.717) is 13.0 Å². The lowest BCUT2D eigenvalue weighted by atomic mass is 10.0. The van der Waals surface area contributed by atoms with Crippen molar-refractivity contribution >= 4 is 11.8 Å². The minimum atomic E-state index is -0.998. The van der Waals surface area contributed by atoms with Gasteiger partial charge >= 0.3 is 0 Å². The Morgan fingerprint density at radius 3 is 2.50 bits per heavy atom. The Morgan fingerprint density at radius 1 is 1.38 bits per heavy atom. The van der Waals surface area contributed by atoms with Crippen LogP contribution in [0.3, 0.4) is 0 Å². The summed E-state index contributed by atoms with van der Waals surface area (Å²) in [6, 6.07) is 0. The average Bonchev–Trinajstić information content (AvgIpc) is 2.21. The molecule has 0 saturated heterocycles. The maximum absolute atomic E-state index is 11.2. The smallest absolute Gasteiger partial charge is 0.239 e. The second kappa shape index (κ2) is 7.19. The van der Waals surface area contributed by atoms with E-state index in [1.165, 1.54) is 6.92 Å². The van der Waals surface area contributed by atoms with Gasteiger partial charge in [0, 0.05) is 33.6 Å². The number of hydrogen-bond acceptors (Lipinski definition) is 4. The first-order chi connectivity index (χ1) is 7.37. The number of aliphatic hydroxyl groups is 1. The van der Waals surface area contributed by atoms with Crippen LogP contribution in [0, 0.1) is 0 Å². The number of rotatable bonds is 7. The third-order valence-electron chi connectivity index (χ3n) is 2.01. The van der Waals surface area contributed by atoms with Crippen molar-refractivity contribution in [1.82, 2.24) is 10.6 Å². The number of carbonyl (C=O) groups is 2. The molecule has 2 amide bonds. The Kier molecular flexibility index (Phi) is 6.67. The van der Waals surface area contributed by atoms with Crippen LogP contribution in [-0.4, -0.2) is 49.3 Å². The van der Waals surface area contributed by atoms with Gasteiger partial charge in [-0.3, -0.25) is 9.59 Å². The number of nitrogens with one attached hydrogen (secondary N) is 2. The van der Waals surface area contributed by atoms with Gasteiger partial charge in [-0.1, -0.05) is 0 Å². The quantitative estimate of drug-likeness (QED) is 0.527. The molecule has 6 heteroatoms. The lowest BCUT2D eigenvalue weighted by Crippen LogP contribution is -2.44. The maximum Gasteiger partial charge on any atom is 0.239 e. The van der Waals surface area contributed by atoms with Crippen molar-refractivity contribution in [3.05, 3.63) is 0 Å². The van der Waals surface area contributed by atoms with Gasteiger partial charge in [0.2, 0.25) is 11.8 Å². The van der Waals surface area contributed by atoms with E-state index in [1.807, 2.05) is 0 Å². The molecule has 0 spiro atoms. The standard InChI is InChI=1S/C10H20N2O4/c1-8(13)11-6-9(14)12-7-10(2,15)4-5-16-3/h15H,4-7H2,1-3H3,(H,11,13)(H,12,14). The van der Waals surface area contributed by atoms with E-state index in [0.717, 1.165) is 0 Å². The molecular weight excluding hydrogens is 212 g/mol. The Hall–Kier alpha value is -1.14. The fraction of sp³-hybridized carbons (Fsp3) is 0.800. The van der Waals surface area contributed by atoms with Crippen LogP contribution in [-0.2, 0) is 14.3 Å². The molecule has 0 aromatic carbocycles. The fourth-order valence-electron chi connectivity index (χ4n) is 0.967. The second-order valence-corrected chi connectivity index (χ2v) is 3.93. The summed E-state index contributed by atoms with van der Waals surface area (Å²) in [6.07, 6.45) is 0.434. The molecule has 0 aliphatic heterocycles. The zero-order valence-corrected chi connectivity index (χ0v) is 10.0. The van der Waals surface area contributed by atoms with Gasteiger partial charge in [0.1, 0.15) is 0 Å². The summed E-state index contributed by atoms with van der Waals surface area (Å²) in [6.45, 7) is 3.44. The van der Waals surface area contributed by atoms with E-state index in [9.17, 15) is 14.7 Å². The van der Waals surface area contributed by atoms with Gasteiger partial charge in [0.15, 0.2) is 0 Å². The van der Waals surface area contributed by atoms with Crippen molar-refractivity contribution in [3.8, 4) is 0 Å². The average molecular weight is 232 g/mol. The first kappa shape index (κ1) is 14.9. The SMILES string of the molecule is COCCC(C)(O)CNC(=O)CNC(C)=O. The van der Waals surface area contributed by atoms with Gasteiger partial charge in [0.05, 0.1) is 12.1 Å². The van der Waals surface area contributed by atoms with E-state index >= 15 is 0 Å². The summed E-state index contributed by atoms with van der Waals surface area (Å²) in [5.74, 6) is -0.589. The van der Waals surface area contributed by atoms with E-state index in [1.54, 1.807) is 14.0 Å². The number of amides is 2. The van der Waals surface area contributed by atoms with E-state index in [-0.39, 0.29) is 24.9 Å². The minimum Gasteiger partial charge on any atom is -0.388 e. The van der Waals surface area contributed by atoms with Crippen LogP contribution in [0.4, 0.5) is 0 Å². The second-order valence-electron chi connectivity index (χ2n) is 3.93. The zero-order valence-electron chi connectivity index (χ0n) is 10.0. The van der Waals surface area contributed by atoms with Gasteiger partial charge in [-0.15, -0.1) is 0 Å². The maximum atomic E-state index is 11.2. The molecule has 3 N–H and O–H groups in total. The lowest BCUT2D eigenvalue weighted by molar-refractivity contribution is -0.125. The molecule has 0 rings (SSSR count). The first-order valence-corrected chi connectivity index (χ1v) is 5.10. The fourth-order valence-corrected chi connectivity index (χ4v) is 0.967. The normalized spacial score (nSPS) is 14.0. The van der Waals surface area contributed by atoms with Crippen LogP contribution in [0.2, 0.25) is 0 Å². The predicted molar refractivity (Wildman–Crippen MR) is 58.8 cm³/mol. The van der Waals surface area contributed by atoms with Crippen LogP contribution >= 0.6 is 0 Å². The number of ether oxygens (including phenoxy) is 1. The van der Waals surface area contributed by atoms with Crippen LogP contribution in [0.25, 0.3) is 0 Å². The van der Waals surface area contributed by atoms with Crippen molar-refractivity contribution in [1.29, 1.82) is 0 Å². The van der Waals surface area contributed by atoms with Crippen molar-refractivity contribution < 1.29 is 19.4 Å². The molecule has 0 aliphatic rings. The Bertz CT molecular complexity index is 241. The molecule has 0 aliphatic carbocycles. The highest BCUT2D eigenvalue weighted by molar-refractivity contribution is 5.83. The monoisotopic (exact) mass is 232 g/mol. The molecular formula is C10H20N2O4. The molecule has 6 nitrogen and oxygen atoms in total. The van der Waals surface area contributed by atoms with Crippen LogP contribution in [0.5, 0.6) is 0 Å². The molecule has 0 radical (unpaired) electrons. The largest absolute Gasteiger partial charge is 0.388 e. The summed E-state index contributed by atoms with van der Waals surface area (Å²) in [4.78, 5) is 21.7. The number of methoxy groups -OCH3 is 1. The molecule has 0 aromatic heterocycles. The van der Waals surface area contributed by atoms with Gasteiger partial charge in [-0.2, -0.15) is 0 Å². The predicted octanol–water partition coefficient (Wildman–Crippen LogP) is -0.974. The van der Waals surface area contributed by atoms with Crippen molar-refractivity contribution in [3.63, 3.8) is 0 Å².